The van der Waals surface area contributed by atoms with Crippen molar-refractivity contribution >= 4 is 28.7 Å². The van der Waals surface area contributed by atoms with Crippen molar-refractivity contribution in [2.75, 3.05) is 18.2 Å². The average molecular weight is 290 g/mol. The fourth-order valence-corrected chi connectivity index (χ4v) is 2.80. The van der Waals surface area contributed by atoms with Gasteiger partial charge in [0, 0.05) is 17.9 Å². The van der Waals surface area contributed by atoms with Crippen LogP contribution in [0.15, 0.2) is 22.9 Å². The summed E-state index contributed by atoms with van der Waals surface area (Å²) < 4.78 is 4.75. The normalized spacial score (nSPS) is 10.3. The second-order valence-electron chi connectivity index (χ2n) is 4.68. The molecule has 0 fully saturated rings. The molecular formula is C15H18N2O2S. The van der Waals surface area contributed by atoms with Crippen molar-refractivity contribution in [3.05, 3.63) is 45.1 Å². The number of ether oxygens (including phenoxy) is 1. The highest BCUT2D eigenvalue weighted by atomic mass is 32.1. The van der Waals surface area contributed by atoms with E-state index in [-0.39, 0.29) is 0 Å². The van der Waals surface area contributed by atoms with Gasteiger partial charge in [-0.05, 0) is 53.4 Å². The van der Waals surface area contributed by atoms with Crippen LogP contribution in [0, 0.1) is 13.8 Å². The van der Waals surface area contributed by atoms with Gasteiger partial charge in [-0.3, -0.25) is 0 Å². The molecule has 0 spiro atoms. The van der Waals surface area contributed by atoms with E-state index >= 15 is 0 Å². The minimum absolute atomic E-state index is 0.400. The number of aryl methyl sites for hydroxylation is 2. The van der Waals surface area contributed by atoms with Crippen molar-refractivity contribution in [3.8, 4) is 0 Å². The van der Waals surface area contributed by atoms with Crippen LogP contribution < -0.4 is 11.1 Å². The SMILES string of the molecule is COC(=O)c1cc(NCc2cscc2C)cc(C)c1N. The first-order valence-corrected chi connectivity index (χ1v) is 7.21. The second kappa shape index (κ2) is 5.96. The van der Waals surface area contributed by atoms with Crippen molar-refractivity contribution in [2.24, 2.45) is 0 Å². The lowest BCUT2D eigenvalue weighted by Gasteiger charge is -2.12. The molecule has 1 heterocycles. The van der Waals surface area contributed by atoms with Gasteiger partial charge in [0.2, 0.25) is 0 Å². The Kier molecular flexibility index (Phi) is 4.29. The number of carbonyl (C=O) groups excluding carboxylic acids is 1. The summed E-state index contributed by atoms with van der Waals surface area (Å²) in [6.07, 6.45) is 0. The van der Waals surface area contributed by atoms with E-state index in [0.717, 1.165) is 17.8 Å². The molecule has 0 atom stereocenters. The molecule has 0 saturated carbocycles. The monoisotopic (exact) mass is 290 g/mol. The number of anilines is 2. The predicted octanol–water partition coefficient (Wildman–Crippen LogP) is 3.35. The number of nitrogens with one attached hydrogen (secondary N) is 1. The van der Waals surface area contributed by atoms with E-state index < -0.39 is 5.97 Å². The number of carbonyl (C=O) groups is 1. The molecule has 1 aromatic carbocycles. The zero-order chi connectivity index (χ0) is 14.7. The lowest BCUT2D eigenvalue weighted by atomic mass is 10.1. The van der Waals surface area contributed by atoms with Gasteiger partial charge in [-0.2, -0.15) is 11.3 Å². The molecule has 20 heavy (non-hydrogen) atoms. The molecule has 3 N–H and O–H groups in total. The highest BCUT2D eigenvalue weighted by molar-refractivity contribution is 7.08. The van der Waals surface area contributed by atoms with Gasteiger partial charge in [0.1, 0.15) is 0 Å². The minimum Gasteiger partial charge on any atom is -0.465 e. The maximum atomic E-state index is 11.7. The number of thiophene rings is 1. The second-order valence-corrected chi connectivity index (χ2v) is 5.42. The van der Waals surface area contributed by atoms with Crippen LogP contribution in [0.2, 0.25) is 0 Å². The Bertz CT molecular complexity index is 635. The molecule has 2 rings (SSSR count). The molecule has 0 radical (unpaired) electrons. The molecule has 5 heteroatoms. The number of rotatable bonds is 4. The third kappa shape index (κ3) is 2.93. The van der Waals surface area contributed by atoms with E-state index in [4.69, 9.17) is 10.5 Å². The Morgan fingerprint density at radius 3 is 2.65 bits per heavy atom. The average Bonchev–Trinajstić information content (AvgIpc) is 2.84. The lowest BCUT2D eigenvalue weighted by Crippen LogP contribution is -2.09. The van der Waals surface area contributed by atoms with Crippen molar-refractivity contribution < 1.29 is 9.53 Å². The van der Waals surface area contributed by atoms with Crippen LogP contribution in [0.5, 0.6) is 0 Å². The Labute approximate surface area is 122 Å². The minimum atomic E-state index is -0.416. The summed E-state index contributed by atoms with van der Waals surface area (Å²) in [6, 6.07) is 3.67. The summed E-state index contributed by atoms with van der Waals surface area (Å²) >= 11 is 1.68. The Morgan fingerprint density at radius 1 is 1.30 bits per heavy atom. The van der Waals surface area contributed by atoms with E-state index in [1.807, 2.05) is 13.0 Å². The van der Waals surface area contributed by atoms with Gasteiger partial charge in [0.05, 0.1) is 12.7 Å². The van der Waals surface area contributed by atoms with Crippen molar-refractivity contribution in [3.63, 3.8) is 0 Å². The molecule has 0 saturated heterocycles. The first kappa shape index (κ1) is 14.4. The van der Waals surface area contributed by atoms with Gasteiger partial charge in [0.25, 0.3) is 0 Å². The largest absolute Gasteiger partial charge is 0.465 e. The Hall–Kier alpha value is -2.01. The van der Waals surface area contributed by atoms with Gasteiger partial charge < -0.3 is 15.8 Å². The third-order valence-corrected chi connectivity index (χ3v) is 4.15. The van der Waals surface area contributed by atoms with E-state index in [0.29, 0.717) is 11.3 Å². The van der Waals surface area contributed by atoms with Crippen LogP contribution in [0.4, 0.5) is 11.4 Å². The van der Waals surface area contributed by atoms with Gasteiger partial charge >= 0.3 is 5.97 Å². The zero-order valence-corrected chi connectivity index (χ0v) is 12.6. The quantitative estimate of drug-likeness (QED) is 0.669. The number of nitrogens with two attached hydrogens (primary N) is 1. The van der Waals surface area contributed by atoms with E-state index in [2.05, 4.69) is 23.0 Å². The Balaban J connectivity index is 2.22. The van der Waals surface area contributed by atoms with Crippen molar-refractivity contribution in [1.29, 1.82) is 0 Å². The highest BCUT2D eigenvalue weighted by Gasteiger charge is 2.13. The maximum absolute atomic E-state index is 11.7. The zero-order valence-electron chi connectivity index (χ0n) is 11.8. The molecule has 4 nitrogen and oxygen atoms in total. The van der Waals surface area contributed by atoms with E-state index in [1.165, 1.54) is 18.2 Å². The topological polar surface area (TPSA) is 64.3 Å². The number of esters is 1. The van der Waals surface area contributed by atoms with Crippen LogP contribution in [0.3, 0.4) is 0 Å². The van der Waals surface area contributed by atoms with E-state index in [9.17, 15) is 4.79 Å². The van der Waals surface area contributed by atoms with E-state index in [1.54, 1.807) is 17.4 Å². The van der Waals surface area contributed by atoms with Gasteiger partial charge in [-0.25, -0.2) is 4.79 Å². The molecular weight excluding hydrogens is 272 g/mol. The highest BCUT2D eigenvalue weighted by Crippen LogP contribution is 2.24. The Morgan fingerprint density at radius 2 is 2.05 bits per heavy atom. The summed E-state index contributed by atoms with van der Waals surface area (Å²) in [5.74, 6) is -0.416. The number of nitrogen functional groups attached to an aromatic ring is 1. The lowest BCUT2D eigenvalue weighted by molar-refractivity contribution is 0.0602. The van der Waals surface area contributed by atoms with Gasteiger partial charge in [-0.1, -0.05) is 0 Å². The standard InChI is InChI=1S/C15H18N2O2S/c1-9-4-12(5-13(14(9)16)15(18)19-3)17-6-11-8-20-7-10(11)2/h4-5,7-8,17H,6,16H2,1-3H3. The molecule has 0 bridgehead atoms. The molecule has 0 amide bonds. The fourth-order valence-electron chi connectivity index (χ4n) is 1.94. The summed E-state index contributed by atoms with van der Waals surface area (Å²) in [5.41, 5.74) is 11.0. The number of methoxy groups -OCH3 is 1. The molecule has 106 valence electrons. The summed E-state index contributed by atoms with van der Waals surface area (Å²) in [7, 11) is 1.35. The molecule has 2 aromatic rings. The molecule has 0 aliphatic heterocycles. The van der Waals surface area contributed by atoms with Crippen molar-refractivity contribution in [1.82, 2.24) is 0 Å². The first-order chi connectivity index (χ1) is 9.52. The number of benzene rings is 1. The number of hydrogen-bond acceptors (Lipinski definition) is 5. The van der Waals surface area contributed by atoms with Crippen LogP contribution in [-0.2, 0) is 11.3 Å². The predicted molar refractivity (Wildman–Crippen MR) is 83.3 cm³/mol. The molecule has 0 aliphatic rings. The molecule has 0 aliphatic carbocycles. The summed E-state index contributed by atoms with van der Waals surface area (Å²) in [5, 5.41) is 7.55. The van der Waals surface area contributed by atoms with Gasteiger partial charge in [-0.15, -0.1) is 0 Å². The number of hydrogen-bond donors (Lipinski definition) is 2. The van der Waals surface area contributed by atoms with Crippen LogP contribution >= 0.6 is 11.3 Å². The summed E-state index contributed by atoms with van der Waals surface area (Å²) in [4.78, 5) is 11.7. The van der Waals surface area contributed by atoms with Crippen LogP contribution in [-0.4, -0.2) is 13.1 Å². The van der Waals surface area contributed by atoms with Gasteiger partial charge in [0.15, 0.2) is 0 Å². The molecule has 1 aromatic heterocycles. The van der Waals surface area contributed by atoms with Crippen molar-refractivity contribution in [2.45, 2.75) is 20.4 Å². The smallest absolute Gasteiger partial charge is 0.340 e. The first-order valence-electron chi connectivity index (χ1n) is 6.27. The third-order valence-electron chi connectivity index (χ3n) is 3.24. The van der Waals surface area contributed by atoms with Crippen LogP contribution in [0.1, 0.15) is 27.0 Å². The fraction of sp³-hybridized carbons (Fsp3) is 0.267. The molecule has 0 unspecified atom stereocenters. The maximum Gasteiger partial charge on any atom is 0.340 e. The van der Waals surface area contributed by atoms with Crippen LogP contribution in [0.25, 0.3) is 0 Å². The summed E-state index contributed by atoms with van der Waals surface area (Å²) in [6.45, 7) is 4.68.